The van der Waals surface area contributed by atoms with Gasteiger partial charge in [0.2, 0.25) is 5.91 Å². The molecule has 0 bridgehead atoms. The van der Waals surface area contributed by atoms with E-state index in [1.807, 2.05) is 0 Å². The molecule has 0 aromatic carbocycles. The van der Waals surface area contributed by atoms with Crippen LogP contribution in [-0.2, 0) is 4.79 Å². The van der Waals surface area contributed by atoms with E-state index in [1.54, 1.807) is 0 Å². The monoisotopic (exact) mass is 302 g/mol. The van der Waals surface area contributed by atoms with Gasteiger partial charge < -0.3 is 10.2 Å². The smallest absolute Gasteiger partial charge is 0.224 e. The minimum atomic E-state index is 0. The summed E-state index contributed by atoms with van der Waals surface area (Å²) >= 11 is 0. The maximum Gasteiger partial charge on any atom is 0.224 e. The average molecular weight is 303 g/mol. The molecule has 2 unspecified atom stereocenters. The molecule has 1 N–H and O–H groups in total. The summed E-state index contributed by atoms with van der Waals surface area (Å²) < 4.78 is 0. The second-order valence-corrected chi connectivity index (χ2v) is 6.71. The highest BCUT2D eigenvalue weighted by molar-refractivity contribution is 5.85. The van der Waals surface area contributed by atoms with Gasteiger partial charge in [0.1, 0.15) is 0 Å². The lowest BCUT2D eigenvalue weighted by Crippen LogP contribution is -2.45. The Bertz CT molecular complexity index is 290. The number of nitrogens with zero attached hydrogens (tertiary/aromatic N) is 1. The first-order valence-electron chi connectivity index (χ1n) is 8.19. The summed E-state index contributed by atoms with van der Waals surface area (Å²) in [6.45, 7) is 6.64. The van der Waals surface area contributed by atoms with Gasteiger partial charge in [-0.3, -0.25) is 4.79 Å². The van der Waals surface area contributed by atoms with Gasteiger partial charge >= 0.3 is 0 Å². The van der Waals surface area contributed by atoms with Crippen LogP contribution in [0.15, 0.2) is 0 Å². The SMILES string of the molecule is CC(C)CCC1CCCCN1C(=O)CC1CCCN1.Cl. The van der Waals surface area contributed by atoms with Crippen LogP contribution in [0.5, 0.6) is 0 Å². The van der Waals surface area contributed by atoms with Crippen molar-refractivity contribution in [3.05, 3.63) is 0 Å². The number of piperidine rings is 1. The van der Waals surface area contributed by atoms with Crippen molar-refractivity contribution in [3.63, 3.8) is 0 Å². The van der Waals surface area contributed by atoms with Gasteiger partial charge in [0, 0.05) is 25.0 Å². The molecule has 118 valence electrons. The van der Waals surface area contributed by atoms with Gasteiger partial charge in [0.05, 0.1) is 0 Å². The number of hydrogen-bond donors (Lipinski definition) is 1. The minimum Gasteiger partial charge on any atom is -0.340 e. The average Bonchev–Trinajstić information content (AvgIpc) is 2.89. The van der Waals surface area contributed by atoms with E-state index in [9.17, 15) is 4.79 Å². The minimum absolute atomic E-state index is 0. The molecule has 20 heavy (non-hydrogen) atoms. The summed E-state index contributed by atoms with van der Waals surface area (Å²) in [4.78, 5) is 14.7. The van der Waals surface area contributed by atoms with E-state index >= 15 is 0 Å². The van der Waals surface area contributed by atoms with Crippen molar-refractivity contribution >= 4 is 18.3 Å². The van der Waals surface area contributed by atoms with Crippen molar-refractivity contribution < 1.29 is 4.79 Å². The Morgan fingerprint density at radius 3 is 2.70 bits per heavy atom. The van der Waals surface area contributed by atoms with Gasteiger partial charge in [-0.25, -0.2) is 0 Å². The molecule has 2 atom stereocenters. The molecule has 2 heterocycles. The molecule has 0 saturated carbocycles. The van der Waals surface area contributed by atoms with Crippen LogP contribution in [0.2, 0.25) is 0 Å². The number of carbonyl (C=O) groups excluding carboxylic acids is 1. The van der Waals surface area contributed by atoms with Crippen LogP contribution in [0.3, 0.4) is 0 Å². The van der Waals surface area contributed by atoms with Crippen molar-refractivity contribution in [3.8, 4) is 0 Å². The fraction of sp³-hybridized carbons (Fsp3) is 0.938. The molecule has 2 aliphatic rings. The zero-order chi connectivity index (χ0) is 13.7. The molecule has 2 fully saturated rings. The van der Waals surface area contributed by atoms with E-state index < -0.39 is 0 Å². The van der Waals surface area contributed by atoms with Crippen LogP contribution in [-0.4, -0.2) is 36.0 Å². The van der Waals surface area contributed by atoms with E-state index in [-0.39, 0.29) is 12.4 Å². The second-order valence-electron chi connectivity index (χ2n) is 6.71. The van der Waals surface area contributed by atoms with Gasteiger partial charge in [-0.1, -0.05) is 13.8 Å². The van der Waals surface area contributed by atoms with Crippen LogP contribution in [0.25, 0.3) is 0 Å². The molecule has 0 aliphatic carbocycles. The number of rotatable bonds is 5. The summed E-state index contributed by atoms with van der Waals surface area (Å²) in [6, 6.07) is 0.963. The zero-order valence-corrected chi connectivity index (χ0v) is 13.9. The third-order valence-corrected chi connectivity index (χ3v) is 4.61. The number of likely N-dealkylation sites (tertiary alicyclic amines) is 1. The van der Waals surface area contributed by atoms with Gasteiger partial charge in [-0.2, -0.15) is 0 Å². The Hall–Kier alpha value is -0.280. The highest BCUT2D eigenvalue weighted by Crippen LogP contribution is 2.24. The summed E-state index contributed by atoms with van der Waals surface area (Å²) in [7, 11) is 0. The normalized spacial score (nSPS) is 26.6. The predicted octanol–water partition coefficient (Wildman–Crippen LogP) is 3.37. The number of hydrogen-bond acceptors (Lipinski definition) is 2. The third kappa shape index (κ3) is 5.25. The largest absolute Gasteiger partial charge is 0.340 e. The first kappa shape index (κ1) is 17.8. The van der Waals surface area contributed by atoms with Crippen LogP contribution < -0.4 is 5.32 Å². The van der Waals surface area contributed by atoms with Gasteiger partial charge in [0.25, 0.3) is 0 Å². The Morgan fingerprint density at radius 2 is 2.05 bits per heavy atom. The Balaban J connectivity index is 0.00000200. The molecule has 3 nitrogen and oxygen atoms in total. The number of carbonyl (C=O) groups is 1. The van der Waals surface area contributed by atoms with Gasteiger partial charge in [-0.05, 0) is 57.4 Å². The van der Waals surface area contributed by atoms with E-state index in [0.717, 1.165) is 25.4 Å². The molecule has 2 aliphatic heterocycles. The molecule has 1 amide bonds. The second kappa shape index (κ2) is 8.89. The van der Waals surface area contributed by atoms with Crippen LogP contribution in [0.1, 0.15) is 65.2 Å². The third-order valence-electron chi connectivity index (χ3n) is 4.61. The summed E-state index contributed by atoms with van der Waals surface area (Å²) in [5.74, 6) is 1.14. The molecule has 0 aromatic rings. The lowest BCUT2D eigenvalue weighted by Gasteiger charge is -2.37. The first-order chi connectivity index (χ1) is 9.16. The van der Waals surface area contributed by atoms with Crippen molar-refractivity contribution in [2.75, 3.05) is 13.1 Å². The lowest BCUT2D eigenvalue weighted by molar-refractivity contribution is -0.135. The maximum absolute atomic E-state index is 12.5. The van der Waals surface area contributed by atoms with Gasteiger partial charge in [0.15, 0.2) is 0 Å². The molecule has 4 heteroatoms. The predicted molar refractivity (Wildman–Crippen MR) is 86.3 cm³/mol. The molecule has 0 aromatic heterocycles. The molecule has 2 saturated heterocycles. The maximum atomic E-state index is 12.5. The van der Waals surface area contributed by atoms with Crippen LogP contribution in [0, 0.1) is 5.92 Å². The van der Waals surface area contributed by atoms with E-state index in [1.165, 1.54) is 44.9 Å². The van der Waals surface area contributed by atoms with Crippen molar-refractivity contribution in [2.24, 2.45) is 5.92 Å². The quantitative estimate of drug-likeness (QED) is 0.844. The van der Waals surface area contributed by atoms with Crippen molar-refractivity contribution in [1.82, 2.24) is 10.2 Å². The van der Waals surface area contributed by atoms with Crippen LogP contribution >= 0.6 is 12.4 Å². The summed E-state index contributed by atoms with van der Waals surface area (Å²) in [5, 5.41) is 3.44. The Kier molecular flexibility index (Phi) is 7.90. The van der Waals surface area contributed by atoms with E-state index in [4.69, 9.17) is 0 Å². The summed E-state index contributed by atoms with van der Waals surface area (Å²) in [6.07, 6.45) is 9.29. The van der Waals surface area contributed by atoms with Gasteiger partial charge in [-0.15, -0.1) is 12.4 Å². The molecule has 0 spiro atoms. The molecule has 0 radical (unpaired) electrons. The molecule has 2 rings (SSSR count). The van der Waals surface area contributed by atoms with E-state index in [0.29, 0.717) is 18.0 Å². The standard InChI is InChI=1S/C16H30N2O.ClH/c1-13(2)8-9-15-7-3-4-11-18(15)16(19)12-14-6-5-10-17-14;/h13-15,17H,3-12H2,1-2H3;1H. The van der Waals surface area contributed by atoms with Crippen molar-refractivity contribution in [2.45, 2.75) is 77.3 Å². The number of halogens is 1. The lowest BCUT2D eigenvalue weighted by atomic mass is 9.94. The molecular formula is C16H31ClN2O. The number of nitrogens with one attached hydrogen (secondary N) is 1. The first-order valence-corrected chi connectivity index (χ1v) is 8.19. The fourth-order valence-corrected chi connectivity index (χ4v) is 3.41. The van der Waals surface area contributed by atoms with Crippen molar-refractivity contribution in [1.29, 1.82) is 0 Å². The Morgan fingerprint density at radius 1 is 1.25 bits per heavy atom. The molecular weight excluding hydrogens is 272 g/mol. The highest BCUT2D eigenvalue weighted by Gasteiger charge is 2.28. The van der Waals surface area contributed by atoms with E-state index in [2.05, 4.69) is 24.1 Å². The zero-order valence-electron chi connectivity index (χ0n) is 13.1. The van der Waals surface area contributed by atoms with Crippen LogP contribution in [0.4, 0.5) is 0 Å². The Labute approximate surface area is 130 Å². The number of amides is 1. The fourth-order valence-electron chi connectivity index (χ4n) is 3.41. The topological polar surface area (TPSA) is 32.3 Å². The highest BCUT2D eigenvalue weighted by atomic mass is 35.5. The summed E-state index contributed by atoms with van der Waals surface area (Å²) in [5.41, 5.74) is 0.